The van der Waals surface area contributed by atoms with Crippen LogP contribution in [0.3, 0.4) is 0 Å². The van der Waals surface area contributed by atoms with Crippen LogP contribution in [0.25, 0.3) is 0 Å². The molecule has 2 fully saturated rings. The molecule has 2 rings (SSSR count). The van der Waals surface area contributed by atoms with E-state index in [4.69, 9.17) is 4.74 Å². The van der Waals surface area contributed by atoms with Crippen molar-refractivity contribution in [2.45, 2.75) is 38.1 Å². The maximum atomic E-state index is 11.7. The Bertz CT molecular complexity index is 277. The normalized spacial score (nSPS) is 31.0. The number of fused-ring (bicyclic) bond motifs is 1. The van der Waals surface area contributed by atoms with E-state index in [0.717, 1.165) is 25.7 Å². The van der Waals surface area contributed by atoms with E-state index in [1.807, 2.05) is 4.90 Å². The van der Waals surface area contributed by atoms with Crippen molar-refractivity contribution >= 4 is 11.9 Å². The first-order valence-electron chi connectivity index (χ1n) is 5.59. The molecule has 0 aliphatic carbocycles. The molecule has 0 aromatic carbocycles. The molecular weight excluding hydrogens is 194 g/mol. The van der Waals surface area contributed by atoms with Gasteiger partial charge in [-0.15, -0.1) is 0 Å². The predicted molar refractivity (Wildman–Crippen MR) is 54.1 cm³/mol. The van der Waals surface area contributed by atoms with E-state index in [0.29, 0.717) is 19.0 Å². The molecule has 0 radical (unpaired) electrons. The van der Waals surface area contributed by atoms with Crippen LogP contribution in [-0.2, 0) is 14.3 Å². The average Bonchev–Trinajstić information content (AvgIpc) is 2.28. The van der Waals surface area contributed by atoms with Crippen molar-refractivity contribution in [1.29, 1.82) is 0 Å². The topological polar surface area (TPSA) is 46.6 Å². The zero-order chi connectivity index (χ0) is 10.8. The maximum Gasteiger partial charge on any atom is 0.310 e. The molecule has 2 heterocycles. The van der Waals surface area contributed by atoms with Gasteiger partial charge < -0.3 is 9.64 Å². The summed E-state index contributed by atoms with van der Waals surface area (Å²) >= 11 is 0. The zero-order valence-corrected chi connectivity index (χ0v) is 9.07. The lowest BCUT2D eigenvalue weighted by molar-refractivity contribution is -0.151. The van der Waals surface area contributed by atoms with E-state index < -0.39 is 0 Å². The summed E-state index contributed by atoms with van der Waals surface area (Å²) in [6.07, 6.45) is 4.56. The van der Waals surface area contributed by atoms with Crippen molar-refractivity contribution in [3.05, 3.63) is 0 Å². The number of rotatable bonds is 1. The standard InChI is InChI=1S/C11H17NO3/c1-15-11(14)8-5-6-9-3-2-4-10(13)12(9)7-8/h8-9H,2-7H2,1H3/t8-,9?/m0/s1. The van der Waals surface area contributed by atoms with Gasteiger partial charge in [0.15, 0.2) is 0 Å². The summed E-state index contributed by atoms with van der Waals surface area (Å²) in [7, 11) is 1.41. The molecule has 15 heavy (non-hydrogen) atoms. The number of carbonyl (C=O) groups excluding carboxylic acids is 2. The van der Waals surface area contributed by atoms with E-state index in [1.165, 1.54) is 7.11 Å². The number of amides is 1. The third-order valence-corrected chi connectivity index (χ3v) is 3.49. The smallest absolute Gasteiger partial charge is 0.310 e. The summed E-state index contributed by atoms with van der Waals surface area (Å²) in [6, 6.07) is 0.382. The fourth-order valence-corrected chi connectivity index (χ4v) is 2.62. The number of ether oxygens (including phenoxy) is 1. The second-order valence-electron chi connectivity index (χ2n) is 4.39. The van der Waals surface area contributed by atoms with Gasteiger partial charge in [-0.3, -0.25) is 9.59 Å². The highest BCUT2D eigenvalue weighted by Gasteiger charge is 2.36. The lowest BCUT2D eigenvalue weighted by atomic mass is 9.87. The lowest BCUT2D eigenvalue weighted by Gasteiger charge is -2.41. The Morgan fingerprint density at radius 3 is 2.93 bits per heavy atom. The number of esters is 1. The van der Waals surface area contributed by atoms with Gasteiger partial charge in [-0.1, -0.05) is 0 Å². The zero-order valence-electron chi connectivity index (χ0n) is 9.07. The molecule has 1 amide bonds. The van der Waals surface area contributed by atoms with Crippen molar-refractivity contribution in [2.75, 3.05) is 13.7 Å². The summed E-state index contributed by atoms with van der Waals surface area (Å²) in [4.78, 5) is 24.9. The number of nitrogens with zero attached hydrogens (tertiary/aromatic N) is 1. The van der Waals surface area contributed by atoms with Crippen LogP contribution in [0.4, 0.5) is 0 Å². The summed E-state index contributed by atoms with van der Waals surface area (Å²) in [5, 5.41) is 0. The van der Waals surface area contributed by atoms with E-state index in [9.17, 15) is 9.59 Å². The van der Waals surface area contributed by atoms with Gasteiger partial charge >= 0.3 is 5.97 Å². The third kappa shape index (κ3) is 1.98. The Morgan fingerprint density at radius 1 is 1.40 bits per heavy atom. The molecule has 0 N–H and O–H groups in total. The molecule has 2 aliphatic rings. The summed E-state index contributed by atoms with van der Waals surface area (Å²) < 4.78 is 4.73. The van der Waals surface area contributed by atoms with E-state index in [-0.39, 0.29) is 17.8 Å². The number of hydrogen-bond donors (Lipinski definition) is 0. The molecular formula is C11H17NO3. The molecule has 1 unspecified atom stereocenters. The molecule has 2 saturated heterocycles. The Morgan fingerprint density at radius 2 is 2.20 bits per heavy atom. The van der Waals surface area contributed by atoms with E-state index in [2.05, 4.69) is 0 Å². The van der Waals surface area contributed by atoms with Crippen LogP contribution >= 0.6 is 0 Å². The van der Waals surface area contributed by atoms with Gasteiger partial charge in [0.2, 0.25) is 5.91 Å². The van der Waals surface area contributed by atoms with Crippen LogP contribution in [0.5, 0.6) is 0 Å². The van der Waals surface area contributed by atoms with Crippen molar-refractivity contribution < 1.29 is 14.3 Å². The Kier molecular flexibility index (Phi) is 2.93. The molecule has 84 valence electrons. The first-order chi connectivity index (χ1) is 7.22. The molecule has 2 atom stereocenters. The van der Waals surface area contributed by atoms with Gasteiger partial charge in [0, 0.05) is 19.0 Å². The molecule has 0 saturated carbocycles. The lowest BCUT2D eigenvalue weighted by Crippen LogP contribution is -2.50. The highest BCUT2D eigenvalue weighted by atomic mass is 16.5. The van der Waals surface area contributed by atoms with Crippen LogP contribution < -0.4 is 0 Å². The van der Waals surface area contributed by atoms with Gasteiger partial charge in [-0.05, 0) is 25.7 Å². The van der Waals surface area contributed by atoms with Crippen molar-refractivity contribution in [2.24, 2.45) is 5.92 Å². The van der Waals surface area contributed by atoms with Gasteiger partial charge in [0.05, 0.1) is 13.0 Å². The molecule has 2 aliphatic heterocycles. The average molecular weight is 211 g/mol. The summed E-state index contributed by atoms with van der Waals surface area (Å²) in [6.45, 7) is 0.566. The fourth-order valence-electron chi connectivity index (χ4n) is 2.62. The highest BCUT2D eigenvalue weighted by molar-refractivity contribution is 5.79. The SMILES string of the molecule is COC(=O)[C@H]1CCC2CCCC(=O)N2C1. The molecule has 4 heteroatoms. The van der Waals surface area contributed by atoms with Crippen molar-refractivity contribution in [3.8, 4) is 0 Å². The van der Waals surface area contributed by atoms with Crippen LogP contribution in [0.2, 0.25) is 0 Å². The molecule has 0 aromatic heterocycles. The monoisotopic (exact) mass is 211 g/mol. The van der Waals surface area contributed by atoms with Crippen LogP contribution in [0.1, 0.15) is 32.1 Å². The molecule has 0 spiro atoms. The number of methoxy groups -OCH3 is 1. The highest BCUT2D eigenvalue weighted by Crippen LogP contribution is 2.29. The fraction of sp³-hybridized carbons (Fsp3) is 0.818. The van der Waals surface area contributed by atoms with E-state index in [1.54, 1.807) is 0 Å². The minimum absolute atomic E-state index is 0.103. The Hall–Kier alpha value is -1.06. The van der Waals surface area contributed by atoms with Gasteiger partial charge in [-0.25, -0.2) is 0 Å². The van der Waals surface area contributed by atoms with Gasteiger partial charge in [0.1, 0.15) is 0 Å². The number of carbonyl (C=O) groups is 2. The quantitative estimate of drug-likeness (QED) is 0.607. The van der Waals surface area contributed by atoms with Crippen LogP contribution in [-0.4, -0.2) is 36.5 Å². The third-order valence-electron chi connectivity index (χ3n) is 3.49. The second kappa shape index (κ2) is 4.21. The van der Waals surface area contributed by atoms with Gasteiger partial charge in [-0.2, -0.15) is 0 Å². The Labute approximate surface area is 89.6 Å². The summed E-state index contributed by atoms with van der Waals surface area (Å²) in [5.41, 5.74) is 0. The molecule has 0 aromatic rings. The summed E-state index contributed by atoms with van der Waals surface area (Å²) in [5.74, 6) is -0.0695. The van der Waals surface area contributed by atoms with Crippen LogP contribution in [0.15, 0.2) is 0 Å². The first kappa shape index (κ1) is 10.5. The second-order valence-corrected chi connectivity index (χ2v) is 4.39. The molecule has 4 nitrogen and oxygen atoms in total. The minimum Gasteiger partial charge on any atom is -0.469 e. The van der Waals surface area contributed by atoms with Crippen molar-refractivity contribution in [1.82, 2.24) is 4.90 Å². The van der Waals surface area contributed by atoms with Crippen molar-refractivity contribution in [3.63, 3.8) is 0 Å². The predicted octanol–water partition coefficient (Wildman–Crippen LogP) is 0.950. The molecule has 0 bridgehead atoms. The number of hydrogen-bond acceptors (Lipinski definition) is 3. The van der Waals surface area contributed by atoms with Gasteiger partial charge in [0.25, 0.3) is 0 Å². The Balaban J connectivity index is 2.02. The van der Waals surface area contributed by atoms with E-state index >= 15 is 0 Å². The maximum absolute atomic E-state index is 11.7. The largest absolute Gasteiger partial charge is 0.469 e. The number of piperidine rings is 2. The first-order valence-corrected chi connectivity index (χ1v) is 5.59. The van der Waals surface area contributed by atoms with Crippen LogP contribution in [0, 0.1) is 5.92 Å². The minimum atomic E-state index is -0.174.